The zero-order chi connectivity index (χ0) is 14.5. The van der Waals surface area contributed by atoms with Gasteiger partial charge in [-0.05, 0) is 18.6 Å². The maximum absolute atomic E-state index is 12.2. The van der Waals surface area contributed by atoms with Crippen molar-refractivity contribution in [2.24, 2.45) is 0 Å². The largest absolute Gasteiger partial charge is 0.372 e. The van der Waals surface area contributed by atoms with Gasteiger partial charge in [-0.1, -0.05) is 36.2 Å². The first kappa shape index (κ1) is 15.1. The molecule has 1 amide bonds. The molecule has 0 bridgehead atoms. The number of carbonyl (C=O) groups is 1. The van der Waals surface area contributed by atoms with E-state index in [1.807, 2.05) is 6.92 Å². The van der Waals surface area contributed by atoms with E-state index in [-0.39, 0.29) is 5.91 Å². The summed E-state index contributed by atoms with van der Waals surface area (Å²) in [4.78, 5) is 16.2. The van der Waals surface area contributed by atoms with Crippen LogP contribution in [-0.2, 0) is 4.79 Å². The lowest BCUT2D eigenvalue weighted by molar-refractivity contribution is -0.116. The molecule has 0 unspecified atom stereocenters. The second-order valence-corrected chi connectivity index (χ2v) is 5.71. The lowest BCUT2D eigenvalue weighted by Gasteiger charge is -2.18. The standard InChI is InChI=1S/C13H13Cl2N3OS/c1-2-9(12(19)18-13-16-6-7-20-13)17-10-5-3-4-8(14)11(10)15/h3-7,9,17H,2H2,1H3,(H,16,18,19)/t9-/m0/s1. The summed E-state index contributed by atoms with van der Waals surface area (Å²) in [6.07, 6.45) is 2.25. The number of hydrogen-bond acceptors (Lipinski definition) is 4. The van der Waals surface area contributed by atoms with E-state index in [0.717, 1.165) is 0 Å². The number of amides is 1. The summed E-state index contributed by atoms with van der Waals surface area (Å²) in [5, 5.41) is 9.10. The molecular formula is C13H13Cl2N3OS. The van der Waals surface area contributed by atoms with E-state index in [1.54, 1.807) is 29.8 Å². The molecule has 0 fully saturated rings. The molecule has 2 N–H and O–H groups in total. The third-order valence-corrected chi connectivity index (χ3v) is 4.18. The summed E-state index contributed by atoms with van der Waals surface area (Å²) in [6, 6.07) is 4.86. The van der Waals surface area contributed by atoms with Crippen molar-refractivity contribution in [3.05, 3.63) is 39.8 Å². The van der Waals surface area contributed by atoms with Gasteiger partial charge in [0, 0.05) is 11.6 Å². The second kappa shape index (κ2) is 6.92. The van der Waals surface area contributed by atoms with Gasteiger partial charge < -0.3 is 10.6 Å². The molecule has 0 aliphatic carbocycles. The Balaban J connectivity index is 2.08. The molecule has 4 nitrogen and oxygen atoms in total. The molecule has 106 valence electrons. The molecular weight excluding hydrogens is 317 g/mol. The monoisotopic (exact) mass is 329 g/mol. The van der Waals surface area contributed by atoms with Crippen LogP contribution in [-0.4, -0.2) is 16.9 Å². The number of benzene rings is 1. The molecule has 1 heterocycles. The first-order valence-corrected chi connectivity index (χ1v) is 7.66. The van der Waals surface area contributed by atoms with Crippen LogP contribution in [0.3, 0.4) is 0 Å². The smallest absolute Gasteiger partial charge is 0.248 e. The maximum atomic E-state index is 12.2. The highest BCUT2D eigenvalue weighted by atomic mass is 35.5. The van der Waals surface area contributed by atoms with E-state index in [1.165, 1.54) is 11.3 Å². The second-order valence-electron chi connectivity index (χ2n) is 4.03. The van der Waals surface area contributed by atoms with Crippen LogP contribution in [0.25, 0.3) is 0 Å². The number of nitrogens with zero attached hydrogens (tertiary/aromatic N) is 1. The Hall–Kier alpha value is -1.30. The Bertz CT molecular complexity index is 589. The van der Waals surface area contributed by atoms with Crippen molar-refractivity contribution < 1.29 is 4.79 Å². The predicted octanol–water partition coefficient (Wildman–Crippen LogP) is 4.28. The van der Waals surface area contributed by atoms with Gasteiger partial charge in [-0.15, -0.1) is 11.3 Å². The fourth-order valence-corrected chi connectivity index (χ4v) is 2.52. The topological polar surface area (TPSA) is 54.0 Å². The number of aromatic nitrogens is 1. The van der Waals surface area contributed by atoms with Gasteiger partial charge in [0.15, 0.2) is 5.13 Å². The van der Waals surface area contributed by atoms with Crippen LogP contribution in [0.2, 0.25) is 10.0 Å². The van der Waals surface area contributed by atoms with E-state index in [2.05, 4.69) is 15.6 Å². The van der Waals surface area contributed by atoms with Gasteiger partial charge in [-0.3, -0.25) is 4.79 Å². The van der Waals surface area contributed by atoms with Crippen molar-refractivity contribution in [1.29, 1.82) is 0 Å². The van der Waals surface area contributed by atoms with Crippen molar-refractivity contribution >= 4 is 51.3 Å². The lowest BCUT2D eigenvalue weighted by atomic mass is 10.2. The van der Waals surface area contributed by atoms with Gasteiger partial charge in [0.25, 0.3) is 0 Å². The zero-order valence-electron chi connectivity index (χ0n) is 10.7. The molecule has 0 saturated carbocycles. The van der Waals surface area contributed by atoms with Crippen molar-refractivity contribution in [2.45, 2.75) is 19.4 Å². The van der Waals surface area contributed by atoms with Crippen molar-refractivity contribution in [3.8, 4) is 0 Å². The average molecular weight is 330 g/mol. The van der Waals surface area contributed by atoms with Crippen molar-refractivity contribution in [1.82, 2.24) is 4.98 Å². The Labute approximate surface area is 131 Å². The summed E-state index contributed by atoms with van der Waals surface area (Å²) in [6.45, 7) is 1.91. The minimum absolute atomic E-state index is 0.154. The van der Waals surface area contributed by atoms with Gasteiger partial charge in [0.1, 0.15) is 6.04 Å². The minimum atomic E-state index is -0.408. The summed E-state index contributed by atoms with van der Waals surface area (Å²) >= 11 is 13.4. The van der Waals surface area contributed by atoms with E-state index < -0.39 is 6.04 Å². The number of anilines is 2. The molecule has 0 radical (unpaired) electrons. The molecule has 0 saturated heterocycles. The molecule has 1 aromatic carbocycles. The summed E-state index contributed by atoms with van der Waals surface area (Å²) in [7, 11) is 0. The lowest BCUT2D eigenvalue weighted by Crippen LogP contribution is -2.34. The molecule has 0 spiro atoms. The average Bonchev–Trinajstić information content (AvgIpc) is 2.93. The van der Waals surface area contributed by atoms with Gasteiger partial charge in [0.2, 0.25) is 5.91 Å². The summed E-state index contributed by atoms with van der Waals surface area (Å²) in [5.41, 5.74) is 0.639. The summed E-state index contributed by atoms with van der Waals surface area (Å²) < 4.78 is 0. The Morgan fingerprint density at radius 3 is 2.90 bits per heavy atom. The minimum Gasteiger partial charge on any atom is -0.372 e. The van der Waals surface area contributed by atoms with Crippen molar-refractivity contribution in [3.63, 3.8) is 0 Å². The normalized spacial score (nSPS) is 11.9. The number of carbonyl (C=O) groups excluding carboxylic acids is 1. The molecule has 7 heteroatoms. The molecule has 0 aliphatic heterocycles. The predicted molar refractivity (Wildman–Crippen MR) is 84.9 cm³/mol. The number of rotatable bonds is 5. The molecule has 2 aromatic rings. The Kier molecular flexibility index (Phi) is 5.23. The molecule has 20 heavy (non-hydrogen) atoms. The highest BCUT2D eigenvalue weighted by Gasteiger charge is 2.18. The maximum Gasteiger partial charge on any atom is 0.248 e. The third-order valence-electron chi connectivity index (χ3n) is 2.67. The number of hydrogen-bond donors (Lipinski definition) is 2. The van der Waals surface area contributed by atoms with E-state index in [9.17, 15) is 4.79 Å². The fraction of sp³-hybridized carbons (Fsp3) is 0.231. The molecule has 1 atom stereocenters. The molecule has 1 aromatic heterocycles. The summed E-state index contributed by atoms with van der Waals surface area (Å²) in [5.74, 6) is -0.154. The SMILES string of the molecule is CC[C@H](Nc1cccc(Cl)c1Cl)C(=O)Nc1nccs1. The Morgan fingerprint density at radius 2 is 2.25 bits per heavy atom. The van der Waals surface area contributed by atoms with E-state index >= 15 is 0 Å². The highest BCUT2D eigenvalue weighted by molar-refractivity contribution is 7.13. The number of nitrogens with one attached hydrogen (secondary N) is 2. The van der Waals surface area contributed by atoms with Crippen LogP contribution >= 0.6 is 34.5 Å². The van der Waals surface area contributed by atoms with E-state index in [4.69, 9.17) is 23.2 Å². The first-order chi connectivity index (χ1) is 9.61. The van der Waals surface area contributed by atoms with Gasteiger partial charge in [-0.25, -0.2) is 4.98 Å². The third kappa shape index (κ3) is 3.62. The molecule has 0 aliphatic rings. The molecule has 2 rings (SSSR count). The highest BCUT2D eigenvalue weighted by Crippen LogP contribution is 2.30. The quantitative estimate of drug-likeness (QED) is 0.860. The van der Waals surface area contributed by atoms with Crippen LogP contribution in [0.4, 0.5) is 10.8 Å². The van der Waals surface area contributed by atoms with Crippen LogP contribution in [0.15, 0.2) is 29.8 Å². The Morgan fingerprint density at radius 1 is 1.45 bits per heavy atom. The number of thiazole rings is 1. The number of halogens is 2. The zero-order valence-corrected chi connectivity index (χ0v) is 13.0. The van der Waals surface area contributed by atoms with Crippen LogP contribution in [0, 0.1) is 0 Å². The van der Waals surface area contributed by atoms with Gasteiger partial charge >= 0.3 is 0 Å². The fourth-order valence-electron chi connectivity index (χ4n) is 1.63. The van der Waals surface area contributed by atoms with Crippen LogP contribution in [0.1, 0.15) is 13.3 Å². The van der Waals surface area contributed by atoms with E-state index in [0.29, 0.717) is 27.3 Å². The van der Waals surface area contributed by atoms with Crippen LogP contribution in [0.5, 0.6) is 0 Å². The van der Waals surface area contributed by atoms with Gasteiger partial charge in [0.05, 0.1) is 15.7 Å². The first-order valence-electron chi connectivity index (χ1n) is 6.02. The van der Waals surface area contributed by atoms with Crippen LogP contribution < -0.4 is 10.6 Å². The van der Waals surface area contributed by atoms with Crippen molar-refractivity contribution in [2.75, 3.05) is 10.6 Å². The van der Waals surface area contributed by atoms with Gasteiger partial charge in [-0.2, -0.15) is 0 Å².